The molecule has 1 N–H and O–H groups in total. The van der Waals surface area contributed by atoms with Crippen molar-refractivity contribution < 1.29 is 9.84 Å². The summed E-state index contributed by atoms with van der Waals surface area (Å²) in [7, 11) is 0. The molecule has 3 rings (SSSR count). The quantitative estimate of drug-likeness (QED) is 0.889. The Labute approximate surface area is 115 Å². The molecule has 2 nitrogen and oxygen atoms in total. The third-order valence-corrected chi connectivity index (χ3v) is 4.61. The lowest BCUT2D eigenvalue weighted by atomic mass is 9.89. The van der Waals surface area contributed by atoms with Gasteiger partial charge in [-0.2, -0.15) is 0 Å². The second-order valence-corrected chi connectivity index (χ2v) is 6.08. The number of rotatable bonds is 3. The SMILES string of the molecule is O[C@H]1CCCc2ccc(OCC3CCCCC3)cc21. The molecule has 1 aromatic rings. The Balaban J connectivity index is 1.63. The average Bonchev–Trinajstić information content (AvgIpc) is 2.47. The van der Waals surface area contributed by atoms with Crippen LogP contribution in [0.2, 0.25) is 0 Å². The molecule has 1 saturated carbocycles. The molecule has 0 unspecified atom stereocenters. The van der Waals surface area contributed by atoms with Gasteiger partial charge >= 0.3 is 0 Å². The summed E-state index contributed by atoms with van der Waals surface area (Å²) >= 11 is 0. The first kappa shape index (κ1) is 13.0. The zero-order valence-electron chi connectivity index (χ0n) is 11.6. The Kier molecular flexibility index (Phi) is 4.07. The van der Waals surface area contributed by atoms with Crippen molar-refractivity contribution in [2.24, 2.45) is 5.92 Å². The van der Waals surface area contributed by atoms with Gasteiger partial charge in [-0.05, 0) is 61.3 Å². The van der Waals surface area contributed by atoms with Crippen LogP contribution in [0.5, 0.6) is 5.75 Å². The zero-order valence-corrected chi connectivity index (χ0v) is 11.6. The molecule has 1 atom stereocenters. The standard InChI is InChI=1S/C17H24O2/c18-17-8-4-7-14-9-10-15(11-16(14)17)19-12-13-5-2-1-3-6-13/h9-11,13,17-18H,1-8,12H2/t17-/m0/s1. The number of aliphatic hydroxyl groups is 1. The molecule has 0 radical (unpaired) electrons. The molecule has 1 fully saturated rings. The molecule has 0 heterocycles. The minimum Gasteiger partial charge on any atom is -0.493 e. The molecule has 2 aliphatic rings. The van der Waals surface area contributed by atoms with Crippen LogP contribution in [0.1, 0.15) is 62.2 Å². The van der Waals surface area contributed by atoms with Crippen LogP contribution in [0.25, 0.3) is 0 Å². The van der Waals surface area contributed by atoms with Gasteiger partial charge in [-0.1, -0.05) is 25.3 Å². The number of hydrogen-bond donors (Lipinski definition) is 1. The first-order chi connectivity index (χ1) is 9.33. The highest BCUT2D eigenvalue weighted by Crippen LogP contribution is 2.32. The lowest BCUT2D eigenvalue weighted by molar-refractivity contribution is 0.155. The summed E-state index contributed by atoms with van der Waals surface area (Å²) in [5.41, 5.74) is 2.39. The van der Waals surface area contributed by atoms with Gasteiger partial charge in [0.2, 0.25) is 0 Å². The molecule has 0 aromatic heterocycles. The van der Waals surface area contributed by atoms with Crippen LogP contribution in [0, 0.1) is 5.92 Å². The minimum absolute atomic E-state index is 0.290. The van der Waals surface area contributed by atoms with Gasteiger partial charge < -0.3 is 9.84 Å². The first-order valence-corrected chi connectivity index (χ1v) is 7.76. The lowest BCUT2D eigenvalue weighted by Crippen LogP contribution is -2.16. The Morgan fingerprint density at radius 3 is 2.74 bits per heavy atom. The fraction of sp³-hybridized carbons (Fsp3) is 0.647. The highest BCUT2D eigenvalue weighted by molar-refractivity contribution is 5.38. The molecule has 0 aliphatic heterocycles. The van der Waals surface area contributed by atoms with E-state index in [1.165, 1.54) is 37.7 Å². The van der Waals surface area contributed by atoms with E-state index in [9.17, 15) is 5.11 Å². The second kappa shape index (κ2) is 5.96. The molecular weight excluding hydrogens is 236 g/mol. The van der Waals surface area contributed by atoms with E-state index in [0.717, 1.165) is 43.1 Å². The van der Waals surface area contributed by atoms with Gasteiger partial charge in [-0.3, -0.25) is 0 Å². The van der Waals surface area contributed by atoms with Crippen LogP contribution in [-0.2, 0) is 6.42 Å². The number of benzene rings is 1. The van der Waals surface area contributed by atoms with Crippen LogP contribution < -0.4 is 4.74 Å². The Morgan fingerprint density at radius 2 is 1.89 bits per heavy atom. The number of fused-ring (bicyclic) bond motifs is 1. The van der Waals surface area contributed by atoms with Crippen molar-refractivity contribution in [3.05, 3.63) is 29.3 Å². The summed E-state index contributed by atoms with van der Waals surface area (Å²) in [5, 5.41) is 10.0. The van der Waals surface area contributed by atoms with Gasteiger partial charge in [0.25, 0.3) is 0 Å². The van der Waals surface area contributed by atoms with E-state index >= 15 is 0 Å². The van der Waals surface area contributed by atoms with Crippen molar-refractivity contribution in [1.82, 2.24) is 0 Å². The summed E-state index contributed by atoms with van der Waals surface area (Å²) in [6, 6.07) is 6.26. The summed E-state index contributed by atoms with van der Waals surface area (Å²) in [4.78, 5) is 0. The number of aliphatic hydroxyl groups excluding tert-OH is 1. The summed E-state index contributed by atoms with van der Waals surface area (Å²) in [6.07, 6.45) is 9.52. The number of aryl methyl sites for hydroxylation is 1. The summed E-state index contributed by atoms with van der Waals surface area (Å²) < 4.78 is 5.95. The van der Waals surface area contributed by atoms with Crippen molar-refractivity contribution in [3.8, 4) is 5.75 Å². The van der Waals surface area contributed by atoms with Crippen molar-refractivity contribution >= 4 is 0 Å². The maximum Gasteiger partial charge on any atom is 0.119 e. The summed E-state index contributed by atoms with van der Waals surface area (Å²) in [5.74, 6) is 1.67. The van der Waals surface area contributed by atoms with Gasteiger partial charge in [0.15, 0.2) is 0 Å². The number of ether oxygens (including phenoxy) is 1. The molecule has 1 aromatic carbocycles. The van der Waals surface area contributed by atoms with E-state index in [-0.39, 0.29) is 6.10 Å². The third-order valence-electron chi connectivity index (χ3n) is 4.61. The predicted molar refractivity (Wildman–Crippen MR) is 76.4 cm³/mol. The van der Waals surface area contributed by atoms with E-state index in [1.54, 1.807) is 0 Å². The summed E-state index contributed by atoms with van der Waals surface area (Å²) in [6.45, 7) is 0.842. The molecule has 19 heavy (non-hydrogen) atoms. The van der Waals surface area contributed by atoms with Gasteiger partial charge in [0.05, 0.1) is 12.7 Å². The average molecular weight is 260 g/mol. The van der Waals surface area contributed by atoms with Crippen LogP contribution in [0.15, 0.2) is 18.2 Å². The molecule has 0 amide bonds. The van der Waals surface area contributed by atoms with E-state index in [0.29, 0.717) is 0 Å². The van der Waals surface area contributed by atoms with Crippen LogP contribution in [0.3, 0.4) is 0 Å². The number of hydrogen-bond acceptors (Lipinski definition) is 2. The molecule has 2 heteroatoms. The monoisotopic (exact) mass is 260 g/mol. The molecule has 0 bridgehead atoms. The third kappa shape index (κ3) is 3.11. The largest absolute Gasteiger partial charge is 0.493 e. The molecule has 2 aliphatic carbocycles. The van der Waals surface area contributed by atoms with E-state index in [4.69, 9.17) is 4.74 Å². The second-order valence-electron chi connectivity index (χ2n) is 6.08. The fourth-order valence-electron chi connectivity index (χ4n) is 3.41. The molecule has 0 saturated heterocycles. The normalized spacial score (nSPS) is 23.9. The van der Waals surface area contributed by atoms with Gasteiger partial charge in [-0.25, -0.2) is 0 Å². The van der Waals surface area contributed by atoms with Crippen LogP contribution in [0.4, 0.5) is 0 Å². The highest BCUT2D eigenvalue weighted by atomic mass is 16.5. The van der Waals surface area contributed by atoms with Crippen LogP contribution >= 0.6 is 0 Å². The van der Waals surface area contributed by atoms with Gasteiger partial charge in [0.1, 0.15) is 5.75 Å². The van der Waals surface area contributed by atoms with Crippen molar-refractivity contribution in [2.75, 3.05) is 6.61 Å². The minimum atomic E-state index is -0.290. The van der Waals surface area contributed by atoms with E-state index in [1.807, 2.05) is 0 Å². The van der Waals surface area contributed by atoms with Gasteiger partial charge in [-0.15, -0.1) is 0 Å². The topological polar surface area (TPSA) is 29.5 Å². The highest BCUT2D eigenvalue weighted by Gasteiger charge is 2.19. The zero-order chi connectivity index (χ0) is 13.1. The fourth-order valence-corrected chi connectivity index (χ4v) is 3.41. The smallest absolute Gasteiger partial charge is 0.119 e. The Morgan fingerprint density at radius 1 is 1.05 bits per heavy atom. The Bertz CT molecular complexity index is 421. The van der Waals surface area contributed by atoms with Crippen molar-refractivity contribution in [2.45, 2.75) is 57.5 Å². The van der Waals surface area contributed by atoms with Crippen molar-refractivity contribution in [3.63, 3.8) is 0 Å². The van der Waals surface area contributed by atoms with Gasteiger partial charge in [0, 0.05) is 0 Å². The first-order valence-electron chi connectivity index (χ1n) is 7.76. The van der Waals surface area contributed by atoms with E-state index in [2.05, 4.69) is 18.2 Å². The molecule has 0 spiro atoms. The maximum atomic E-state index is 10.0. The lowest BCUT2D eigenvalue weighted by Gasteiger charge is -2.24. The molecular formula is C17H24O2. The molecule has 104 valence electrons. The van der Waals surface area contributed by atoms with E-state index < -0.39 is 0 Å². The Hall–Kier alpha value is -1.02. The van der Waals surface area contributed by atoms with Crippen LogP contribution in [-0.4, -0.2) is 11.7 Å². The maximum absolute atomic E-state index is 10.0. The van der Waals surface area contributed by atoms with Crippen molar-refractivity contribution in [1.29, 1.82) is 0 Å². The predicted octanol–water partition coefficient (Wildman–Crippen LogP) is 4.02.